The van der Waals surface area contributed by atoms with Crippen LogP contribution in [-0.2, 0) is 23.6 Å². The zero-order valence-electron chi connectivity index (χ0n) is 33.9. The number of carbonyl (C=O) groups excluding carboxylic acids is 2. The van der Waals surface area contributed by atoms with Crippen molar-refractivity contribution in [1.29, 1.82) is 0 Å². The molecule has 0 bridgehead atoms. The molecule has 0 aliphatic heterocycles. The summed E-state index contributed by atoms with van der Waals surface area (Å²) in [6, 6.07) is 21.5. The fourth-order valence-electron chi connectivity index (χ4n) is 9.05. The topological polar surface area (TPSA) is 102 Å². The second-order valence-corrected chi connectivity index (χ2v) is 22.4. The molecule has 5 aromatic rings. The van der Waals surface area contributed by atoms with Crippen molar-refractivity contribution >= 4 is 30.7 Å². The standard InChI is InChI=1S/C46H47F3N2O6Si/c1-25-33-22-28(27-15-12-16-32(21-27)46(47,48)49)17-18-29(33)19-30-20-31-23-34-38(51(5)6)40-37(43(50-56-40)55-24-26-13-10-9-11-14-26)42(54)45(34,57-58(7,8)44(2,3)4)41(53)36(31)39(52)35(25)30/h9-19,21-22,31,34,38,53H,20,23-24H2,1-8H3/t31-,34-,38-,45-/m0/s1. The lowest BCUT2D eigenvalue weighted by molar-refractivity contribution is -0.137. The van der Waals surface area contributed by atoms with Gasteiger partial charge in [0.05, 0.1) is 11.6 Å². The quantitative estimate of drug-likeness (QED) is 0.162. The number of aryl methyl sites for hydroxylation is 1. The number of fused-ring (bicyclic) bond motifs is 5. The summed E-state index contributed by atoms with van der Waals surface area (Å²) in [6.45, 7) is 12.2. The van der Waals surface area contributed by atoms with E-state index in [1.165, 1.54) is 6.07 Å². The molecule has 0 unspecified atom stereocenters. The van der Waals surface area contributed by atoms with Gasteiger partial charge in [-0.1, -0.05) is 81.4 Å². The zero-order chi connectivity index (χ0) is 41.7. The first kappa shape index (κ1) is 39.8. The van der Waals surface area contributed by atoms with Gasteiger partial charge in [-0.05, 0) is 120 Å². The van der Waals surface area contributed by atoms with Crippen LogP contribution in [0.3, 0.4) is 0 Å². The van der Waals surface area contributed by atoms with Crippen LogP contribution >= 0.6 is 0 Å². The van der Waals surface area contributed by atoms with Gasteiger partial charge in [-0.25, -0.2) is 0 Å². The van der Waals surface area contributed by atoms with Crippen LogP contribution in [0.15, 0.2) is 94.7 Å². The molecule has 0 spiro atoms. The Balaban J connectivity index is 1.29. The van der Waals surface area contributed by atoms with Crippen molar-refractivity contribution in [2.45, 2.75) is 83.1 Å². The van der Waals surface area contributed by atoms with Gasteiger partial charge in [-0.2, -0.15) is 13.2 Å². The van der Waals surface area contributed by atoms with E-state index in [9.17, 15) is 18.3 Å². The first-order valence-electron chi connectivity index (χ1n) is 19.5. The molecule has 0 saturated carbocycles. The van der Waals surface area contributed by atoms with Gasteiger partial charge in [-0.3, -0.25) is 14.5 Å². The molecule has 12 heteroatoms. The minimum Gasteiger partial charge on any atom is -0.508 e. The fourth-order valence-corrected chi connectivity index (χ4v) is 10.5. The maximum absolute atomic E-state index is 15.5. The van der Waals surface area contributed by atoms with Gasteiger partial charge in [0, 0.05) is 17.1 Å². The molecule has 4 aromatic carbocycles. The molecule has 1 aromatic heterocycles. The van der Waals surface area contributed by atoms with Crippen LogP contribution in [0.25, 0.3) is 21.9 Å². The number of aliphatic hydroxyl groups excluding tert-OH is 1. The summed E-state index contributed by atoms with van der Waals surface area (Å²) < 4.78 is 60.3. The summed E-state index contributed by atoms with van der Waals surface area (Å²) in [5, 5.41) is 18.4. The molecule has 3 aliphatic rings. The predicted molar refractivity (Wildman–Crippen MR) is 217 cm³/mol. The second kappa shape index (κ2) is 13.8. The number of hydrogen-bond acceptors (Lipinski definition) is 8. The third kappa shape index (κ3) is 6.22. The summed E-state index contributed by atoms with van der Waals surface area (Å²) >= 11 is 0. The van der Waals surface area contributed by atoms with Crippen molar-refractivity contribution in [3.63, 3.8) is 0 Å². The molecule has 3 aliphatic carbocycles. The Morgan fingerprint density at radius 1 is 0.948 bits per heavy atom. The Kier molecular flexibility index (Phi) is 9.45. The van der Waals surface area contributed by atoms with Crippen LogP contribution in [-0.4, -0.2) is 54.7 Å². The molecule has 4 atom stereocenters. The van der Waals surface area contributed by atoms with Crippen molar-refractivity contribution in [1.82, 2.24) is 10.1 Å². The SMILES string of the molecule is Cc1c2c(cc3ccc(-c4cccc(C(F)(F)F)c4)cc13)C[C@H]1C[C@H]3[C@H](N(C)C)c4onc(OCc5ccccc5)c4C(=O)[C@@]3(O[Si](C)(C)C(C)(C)C)C(O)=C1C2=O. The number of ketones is 2. The van der Waals surface area contributed by atoms with E-state index < -0.39 is 55.1 Å². The number of rotatable bonds is 7. The van der Waals surface area contributed by atoms with Crippen LogP contribution in [0.2, 0.25) is 18.1 Å². The summed E-state index contributed by atoms with van der Waals surface area (Å²) in [4.78, 5) is 32.5. The Morgan fingerprint density at radius 2 is 1.66 bits per heavy atom. The van der Waals surface area contributed by atoms with Crippen LogP contribution in [0.5, 0.6) is 5.88 Å². The lowest BCUT2D eigenvalue weighted by Gasteiger charge is -2.55. The fraction of sp³-hybridized carbons (Fsp3) is 0.370. The maximum atomic E-state index is 15.5. The Bertz CT molecular complexity index is 2520. The van der Waals surface area contributed by atoms with Gasteiger partial charge in [0.1, 0.15) is 17.9 Å². The number of Topliss-reactive ketones (excluding diaryl/α,β-unsaturated/α-hetero) is 2. The number of allylic oxidation sites excluding steroid dienone is 1. The minimum absolute atomic E-state index is 0.00788. The van der Waals surface area contributed by atoms with Gasteiger partial charge >= 0.3 is 6.18 Å². The van der Waals surface area contributed by atoms with Gasteiger partial charge in [0.25, 0.3) is 5.88 Å². The van der Waals surface area contributed by atoms with Crippen molar-refractivity contribution in [2.24, 2.45) is 11.8 Å². The lowest BCUT2D eigenvalue weighted by atomic mass is 9.58. The summed E-state index contributed by atoms with van der Waals surface area (Å²) in [6.07, 6.45) is -3.74. The molecule has 0 fully saturated rings. The van der Waals surface area contributed by atoms with Crippen LogP contribution < -0.4 is 4.74 Å². The summed E-state index contributed by atoms with van der Waals surface area (Å²) in [5.74, 6) is -2.12. The number of hydrogen-bond donors (Lipinski definition) is 1. The molecule has 1 N–H and O–H groups in total. The average molecular weight is 809 g/mol. The highest BCUT2D eigenvalue weighted by molar-refractivity contribution is 6.74. The van der Waals surface area contributed by atoms with E-state index in [-0.39, 0.29) is 34.4 Å². The smallest absolute Gasteiger partial charge is 0.416 e. The van der Waals surface area contributed by atoms with E-state index in [1.807, 2.05) is 87.5 Å². The molecule has 0 amide bonds. The number of aliphatic hydroxyl groups is 1. The third-order valence-corrected chi connectivity index (χ3v) is 17.4. The monoisotopic (exact) mass is 808 g/mol. The zero-order valence-corrected chi connectivity index (χ0v) is 34.9. The third-order valence-electron chi connectivity index (χ3n) is 12.9. The Labute approximate surface area is 336 Å². The highest BCUT2D eigenvalue weighted by Gasteiger charge is 2.67. The van der Waals surface area contributed by atoms with Gasteiger partial charge in [-0.15, -0.1) is 0 Å². The van der Waals surface area contributed by atoms with Gasteiger partial charge < -0.3 is 18.8 Å². The van der Waals surface area contributed by atoms with Crippen molar-refractivity contribution in [3.8, 4) is 17.0 Å². The summed E-state index contributed by atoms with van der Waals surface area (Å²) in [7, 11) is 0.862. The van der Waals surface area contributed by atoms with Crippen molar-refractivity contribution < 1.29 is 41.6 Å². The predicted octanol–water partition coefficient (Wildman–Crippen LogP) is 10.8. The van der Waals surface area contributed by atoms with Gasteiger partial charge in [0.2, 0.25) is 5.78 Å². The normalized spacial score (nSPS) is 22.2. The number of ether oxygens (including phenoxy) is 1. The van der Waals surface area contributed by atoms with E-state index in [0.29, 0.717) is 46.2 Å². The van der Waals surface area contributed by atoms with E-state index in [1.54, 1.807) is 12.1 Å². The number of aromatic nitrogens is 1. The summed E-state index contributed by atoms with van der Waals surface area (Å²) in [5.41, 5.74) is 1.23. The molecule has 8 nitrogen and oxygen atoms in total. The number of benzene rings is 4. The van der Waals surface area contributed by atoms with Crippen LogP contribution in [0.1, 0.15) is 82.0 Å². The molecule has 0 radical (unpaired) electrons. The second-order valence-electron chi connectivity index (χ2n) is 17.7. The first-order chi connectivity index (χ1) is 27.2. The molecule has 0 saturated heterocycles. The first-order valence-corrected chi connectivity index (χ1v) is 22.4. The van der Waals surface area contributed by atoms with E-state index >= 15 is 9.59 Å². The molecule has 8 rings (SSSR count). The molecule has 302 valence electrons. The number of carbonyl (C=O) groups is 2. The van der Waals surface area contributed by atoms with Crippen molar-refractivity contribution in [3.05, 3.63) is 129 Å². The van der Waals surface area contributed by atoms with E-state index in [4.69, 9.17) is 13.7 Å². The lowest BCUT2D eigenvalue weighted by Crippen LogP contribution is -2.65. The van der Waals surface area contributed by atoms with Crippen molar-refractivity contribution in [2.75, 3.05) is 14.1 Å². The molecule has 58 heavy (non-hydrogen) atoms. The number of nitrogens with zero attached hydrogens (tertiary/aromatic N) is 2. The maximum Gasteiger partial charge on any atom is 0.416 e. The largest absolute Gasteiger partial charge is 0.508 e. The van der Waals surface area contributed by atoms with E-state index in [0.717, 1.165) is 28.6 Å². The van der Waals surface area contributed by atoms with Crippen LogP contribution in [0, 0.1) is 18.8 Å². The number of alkyl halides is 3. The molecule has 1 heterocycles. The minimum atomic E-state index is -4.50. The molecular formula is C46H47F3N2O6Si. The van der Waals surface area contributed by atoms with E-state index in [2.05, 4.69) is 25.9 Å². The van der Waals surface area contributed by atoms with Crippen LogP contribution in [0.4, 0.5) is 13.2 Å². The average Bonchev–Trinajstić information content (AvgIpc) is 3.58. The Hall–Kier alpha value is -5.04. The molecular weight excluding hydrogens is 762 g/mol. The highest BCUT2D eigenvalue weighted by Crippen LogP contribution is 2.59. The Morgan fingerprint density at radius 3 is 2.33 bits per heavy atom. The number of halogens is 3. The van der Waals surface area contributed by atoms with Gasteiger partial charge in [0.15, 0.2) is 25.5 Å². The highest BCUT2D eigenvalue weighted by atomic mass is 28.4.